The van der Waals surface area contributed by atoms with E-state index in [1.54, 1.807) is 0 Å². The maximum Gasteiger partial charge on any atom is 0.306 e. The summed E-state index contributed by atoms with van der Waals surface area (Å²) in [4.78, 5) is 38.2. The molecule has 0 aliphatic heterocycles. The summed E-state index contributed by atoms with van der Waals surface area (Å²) in [6.45, 7) is 4.02. The van der Waals surface area contributed by atoms with E-state index in [0.717, 1.165) is 128 Å². The van der Waals surface area contributed by atoms with E-state index in [4.69, 9.17) is 18.5 Å². The van der Waals surface area contributed by atoms with Crippen LogP contribution >= 0.6 is 7.82 Å². The van der Waals surface area contributed by atoms with Gasteiger partial charge in [-0.1, -0.05) is 332 Å². The molecule has 2 atom stereocenters. The van der Waals surface area contributed by atoms with Crippen molar-refractivity contribution in [3.63, 3.8) is 0 Å². The molecule has 0 heterocycles. The van der Waals surface area contributed by atoms with Gasteiger partial charge in [0, 0.05) is 12.8 Å². The van der Waals surface area contributed by atoms with Crippen LogP contribution in [0.1, 0.15) is 309 Å². The van der Waals surface area contributed by atoms with E-state index >= 15 is 0 Å². The van der Waals surface area contributed by atoms with E-state index in [9.17, 15) is 19.0 Å². The predicted molar refractivity (Wildman–Crippen MR) is 406 cm³/mol. The number of likely N-dealkylation sites (N-methyl/N-ethyl adjacent to an activating group) is 1. The van der Waals surface area contributed by atoms with E-state index in [1.807, 2.05) is 21.1 Å². The Labute approximate surface area is 579 Å². The molecule has 536 valence electrons. The molecule has 0 fully saturated rings. The van der Waals surface area contributed by atoms with Crippen LogP contribution in [0.5, 0.6) is 0 Å². The average molecular weight is 1330 g/mol. The molecule has 0 saturated heterocycles. The first-order valence-corrected chi connectivity index (χ1v) is 39.7. The molecule has 0 aliphatic carbocycles. The highest BCUT2D eigenvalue weighted by molar-refractivity contribution is 7.45. The third-order valence-electron chi connectivity index (χ3n) is 16.0. The van der Waals surface area contributed by atoms with Gasteiger partial charge in [-0.3, -0.25) is 14.2 Å². The maximum absolute atomic E-state index is 12.9. The van der Waals surface area contributed by atoms with Crippen LogP contribution in [0.25, 0.3) is 0 Å². The fourth-order valence-corrected chi connectivity index (χ4v) is 11.0. The second-order valence-electron chi connectivity index (χ2n) is 26.3. The van der Waals surface area contributed by atoms with Crippen molar-refractivity contribution in [2.45, 2.75) is 315 Å². The van der Waals surface area contributed by atoms with Crippen molar-refractivity contribution in [2.24, 2.45) is 0 Å². The lowest BCUT2D eigenvalue weighted by molar-refractivity contribution is -0.870. The number of carbonyl (C=O) groups is 2. The summed E-state index contributed by atoms with van der Waals surface area (Å²) in [6.07, 6.45) is 109. The largest absolute Gasteiger partial charge is 0.756 e. The summed E-state index contributed by atoms with van der Waals surface area (Å²) in [5.41, 5.74) is 0. The molecule has 0 aromatic rings. The molecule has 0 N–H and O–H groups in total. The molecule has 94 heavy (non-hydrogen) atoms. The van der Waals surface area contributed by atoms with Crippen molar-refractivity contribution in [2.75, 3.05) is 47.5 Å². The van der Waals surface area contributed by atoms with Crippen molar-refractivity contribution < 1.29 is 42.1 Å². The van der Waals surface area contributed by atoms with Crippen molar-refractivity contribution in [1.29, 1.82) is 0 Å². The Hall–Kier alpha value is -4.37. The number of esters is 2. The maximum atomic E-state index is 12.9. The lowest BCUT2D eigenvalue weighted by Gasteiger charge is -2.28. The van der Waals surface area contributed by atoms with E-state index in [2.05, 4.69) is 172 Å². The number of ether oxygens (including phenoxy) is 2. The number of nitrogens with zero attached hydrogens (tertiary/aromatic N) is 1. The normalized spacial score (nSPS) is 14.0. The molecule has 0 aromatic heterocycles. The third kappa shape index (κ3) is 76.6. The Balaban J connectivity index is 4.02. The van der Waals surface area contributed by atoms with Crippen molar-refractivity contribution >= 4 is 19.8 Å². The Bertz CT molecular complexity index is 2150. The quantitative estimate of drug-likeness (QED) is 0.0195. The summed E-state index contributed by atoms with van der Waals surface area (Å²) >= 11 is 0. The molecule has 0 aliphatic rings. The number of phosphoric ester groups is 1. The molecule has 9 nitrogen and oxygen atoms in total. The van der Waals surface area contributed by atoms with Gasteiger partial charge >= 0.3 is 11.9 Å². The minimum absolute atomic E-state index is 0.0363. The fraction of sp³-hybridized carbons (Fsp3) is 0.667. The number of quaternary nitrogens is 1. The summed E-state index contributed by atoms with van der Waals surface area (Å²) < 4.78 is 34.4. The molecular formula is C84H142NO8P. The highest BCUT2D eigenvalue weighted by Gasteiger charge is 2.22. The molecular weight excluding hydrogens is 1180 g/mol. The topological polar surface area (TPSA) is 111 Å². The highest BCUT2D eigenvalue weighted by atomic mass is 31.2. The number of allylic oxidation sites excluding steroid dienone is 26. The van der Waals surface area contributed by atoms with Gasteiger partial charge in [0.25, 0.3) is 7.82 Å². The zero-order chi connectivity index (χ0) is 68.3. The molecule has 0 radical (unpaired) electrons. The second-order valence-corrected chi connectivity index (χ2v) is 27.7. The SMILES string of the molecule is CC/C=C\C/C=C\C/C=C\C/C=C\C/C=C\C/C=C\C/C=C\CCCCCCCCCCCCCCCCCCCC(=O)OC(COC(=O)CCCCCCCCCCCCCC/C=C\C/C=C\C/C=C\C/C=C\C/C=C\C/C=C\CC)COP(=O)([O-])OCC[N+](C)(C)C. The van der Waals surface area contributed by atoms with Crippen molar-refractivity contribution in [3.8, 4) is 0 Å². The molecule has 0 bridgehead atoms. The van der Waals surface area contributed by atoms with Gasteiger partial charge in [-0.15, -0.1) is 0 Å². The van der Waals surface area contributed by atoms with Crippen molar-refractivity contribution in [3.05, 3.63) is 158 Å². The first-order chi connectivity index (χ1) is 46.0. The summed E-state index contributed by atoms with van der Waals surface area (Å²) in [6, 6.07) is 0. The Kier molecular flexibility index (Phi) is 69.5. The van der Waals surface area contributed by atoms with E-state index in [-0.39, 0.29) is 32.0 Å². The van der Waals surface area contributed by atoms with Gasteiger partial charge in [-0.2, -0.15) is 0 Å². The van der Waals surface area contributed by atoms with Gasteiger partial charge < -0.3 is 27.9 Å². The molecule has 0 amide bonds. The smallest absolute Gasteiger partial charge is 0.306 e. The molecule has 2 unspecified atom stereocenters. The summed E-state index contributed by atoms with van der Waals surface area (Å²) in [7, 11) is 1.16. The van der Waals surface area contributed by atoms with Crippen LogP contribution in [-0.4, -0.2) is 70.0 Å². The number of carbonyl (C=O) groups excluding carboxylic acids is 2. The highest BCUT2D eigenvalue weighted by Crippen LogP contribution is 2.38. The first kappa shape index (κ1) is 89.6. The molecule has 10 heteroatoms. The van der Waals surface area contributed by atoms with E-state index in [0.29, 0.717) is 17.4 Å². The minimum Gasteiger partial charge on any atom is -0.756 e. The van der Waals surface area contributed by atoms with Gasteiger partial charge in [0.15, 0.2) is 6.10 Å². The van der Waals surface area contributed by atoms with Crippen LogP contribution in [0, 0.1) is 0 Å². The molecule has 0 saturated carbocycles. The van der Waals surface area contributed by atoms with Gasteiger partial charge in [0.05, 0.1) is 27.7 Å². The minimum atomic E-state index is -4.65. The van der Waals surface area contributed by atoms with E-state index < -0.39 is 26.5 Å². The van der Waals surface area contributed by atoms with Gasteiger partial charge in [0.2, 0.25) is 0 Å². The first-order valence-electron chi connectivity index (χ1n) is 38.2. The van der Waals surface area contributed by atoms with Crippen LogP contribution in [0.4, 0.5) is 0 Å². The van der Waals surface area contributed by atoms with Crippen LogP contribution in [0.2, 0.25) is 0 Å². The van der Waals surface area contributed by atoms with Gasteiger partial charge in [-0.05, 0) is 122 Å². The number of hydrogen-bond donors (Lipinski definition) is 0. The monoisotopic (exact) mass is 1320 g/mol. The van der Waals surface area contributed by atoms with E-state index in [1.165, 1.54) is 148 Å². The van der Waals surface area contributed by atoms with Crippen LogP contribution in [-0.2, 0) is 32.7 Å². The summed E-state index contributed by atoms with van der Waals surface area (Å²) in [5.74, 6) is -0.834. The number of unbranched alkanes of at least 4 members (excludes halogenated alkanes) is 29. The Morgan fingerprint density at radius 1 is 0.330 bits per heavy atom. The third-order valence-corrected chi connectivity index (χ3v) is 17.0. The summed E-state index contributed by atoms with van der Waals surface area (Å²) in [5, 5.41) is 0. The molecule has 0 spiro atoms. The number of hydrogen-bond acceptors (Lipinski definition) is 8. The lowest BCUT2D eigenvalue weighted by Crippen LogP contribution is -2.37. The zero-order valence-electron chi connectivity index (χ0n) is 61.1. The van der Waals surface area contributed by atoms with Gasteiger partial charge in [-0.25, -0.2) is 0 Å². The van der Waals surface area contributed by atoms with Crippen LogP contribution in [0.3, 0.4) is 0 Å². The Morgan fingerprint density at radius 3 is 0.851 bits per heavy atom. The molecule has 0 rings (SSSR count). The van der Waals surface area contributed by atoms with Crippen molar-refractivity contribution in [1.82, 2.24) is 0 Å². The zero-order valence-corrected chi connectivity index (χ0v) is 62.0. The standard InChI is InChI=1S/C84H142NO8P/c1-6-8-10-12-14-16-18-20-22-24-26-28-30-32-34-36-38-39-40-41-42-43-44-45-47-49-51-53-55-57-59-61-63-65-67-69-71-73-75-77-84(87)93-82(81-92-94(88,89)91-79-78-85(3,4)5)80-90-83(86)76-74-72-70-68-66-64-62-60-58-56-54-52-50-48-46-37-35-33-31-29-27-25-23-21-19-17-15-13-11-9-7-2/h8-11,14-17,20-23,26-29,32-35,38-39,41-42,46,48,82H,6-7,12-13,18-19,24-25,30-31,36-37,40,43-45,47,49-81H2,1-5H3/b10-8-,11-9-,16-14-,17-15-,22-20-,23-21-,28-26-,29-27-,34-32-,35-33-,39-38-,42-41-,48-46-. The van der Waals surface area contributed by atoms with Crippen LogP contribution in [0.15, 0.2) is 158 Å². The predicted octanol–water partition coefficient (Wildman–Crippen LogP) is 24.9. The van der Waals surface area contributed by atoms with Crippen LogP contribution < -0.4 is 4.89 Å². The Morgan fingerprint density at radius 2 is 0.574 bits per heavy atom. The van der Waals surface area contributed by atoms with Gasteiger partial charge in [0.1, 0.15) is 19.8 Å². The number of phosphoric acid groups is 1. The molecule has 0 aromatic carbocycles. The number of rotatable bonds is 69. The lowest BCUT2D eigenvalue weighted by atomic mass is 10.0. The average Bonchev–Trinajstić information content (AvgIpc) is 1.56. The fourth-order valence-electron chi connectivity index (χ4n) is 10.3. The second kappa shape index (κ2) is 72.9.